The summed E-state index contributed by atoms with van der Waals surface area (Å²) in [6.45, 7) is 2.54. The molecule has 0 saturated heterocycles. The van der Waals surface area contributed by atoms with Gasteiger partial charge in [0, 0.05) is 17.6 Å². The van der Waals surface area contributed by atoms with Gasteiger partial charge in [0.15, 0.2) is 6.54 Å². The van der Waals surface area contributed by atoms with Gasteiger partial charge in [0.1, 0.15) is 10.8 Å². The predicted molar refractivity (Wildman–Crippen MR) is 64.1 cm³/mol. The van der Waals surface area contributed by atoms with Gasteiger partial charge < -0.3 is 9.42 Å². The molecule has 17 heavy (non-hydrogen) atoms. The molecule has 0 spiro atoms. The summed E-state index contributed by atoms with van der Waals surface area (Å²) in [6.07, 6.45) is 1.56. The van der Waals surface area contributed by atoms with E-state index < -0.39 is 7.60 Å². The standard InChI is InChI=1S/C11H13N2O3P/c1-3-13-8-11(17(14,15)16-2)9-6-4-5-7-10(9)12-13/h4-8H,3H2,1-2H3/p+1. The van der Waals surface area contributed by atoms with Crippen molar-refractivity contribution in [1.82, 2.24) is 5.10 Å². The number of rotatable bonds is 3. The molecule has 0 bridgehead atoms. The summed E-state index contributed by atoms with van der Waals surface area (Å²) in [5.74, 6) is 0. The van der Waals surface area contributed by atoms with Gasteiger partial charge in [0.25, 0.3) is 0 Å². The van der Waals surface area contributed by atoms with E-state index in [4.69, 9.17) is 4.52 Å². The van der Waals surface area contributed by atoms with Crippen LogP contribution in [-0.4, -0.2) is 17.1 Å². The molecule has 2 aromatic rings. The number of fused-ring (bicyclic) bond motifs is 1. The molecule has 1 heterocycles. The zero-order valence-electron chi connectivity index (χ0n) is 9.70. The first-order chi connectivity index (χ1) is 8.08. The second-order valence-corrected chi connectivity index (χ2v) is 5.48. The van der Waals surface area contributed by atoms with Gasteiger partial charge >= 0.3 is 7.60 Å². The smallest absolute Gasteiger partial charge is 0.321 e. The highest BCUT2D eigenvalue weighted by molar-refractivity contribution is 7.61. The molecule has 2 rings (SSSR count). The first-order valence-corrected chi connectivity index (χ1v) is 6.85. The number of aryl methyl sites for hydroxylation is 1. The van der Waals surface area contributed by atoms with E-state index in [0.717, 1.165) is 0 Å². The van der Waals surface area contributed by atoms with Crippen LogP contribution in [0.4, 0.5) is 0 Å². The minimum absolute atomic E-state index is 0.285. The lowest BCUT2D eigenvalue weighted by molar-refractivity contribution is -0.747. The van der Waals surface area contributed by atoms with Crippen LogP contribution in [-0.2, 0) is 15.6 Å². The Morgan fingerprint density at radius 1 is 1.47 bits per heavy atom. The molecule has 1 N–H and O–H groups in total. The van der Waals surface area contributed by atoms with E-state index >= 15 is 0 Å². The third kappa shape index (κ3) is 2.22. The Morgan fingerprint density at radius 2 is 2.18 bits per heavy atom. The molecule has 0 fully saturated rings. The molecule has 5 nitrogen and oxygen atoms in total. The first kappa shape index (κ1) is 12.2. The lowest BCUT2D eigenvalue weighted by Gasteiger charge is -2.09. The maximum Gasteiger partial charge on any atom is 0.365 e. The highest BCUT2D eigenvalue weighted by Crippen LogP contribution is 2.40. The second kappa shape index (κ2) is 4.53. The lowest BCUT2D eigenvalue weighted by atomic mass is 10.2. The van der Waals surface area contributed by atoms with Crippen LogP contribution in [0, 0.1) is 0 Å². The van der Waals surface area contributed by atoms with Crippen LogP contribution < -0.4 is 9.99 Å². The second-order valence-electron chi connectivity index (χ2n) is 3.59. The summed E-state index contributed by atoms with van der Waals surface area (Å²) in [4.78, 5) is 9.80. The van der Waals surface area contributed by atoms with Gasteiger partial charge in [-0.25, -0.2) is 0 Å². The van der Waals surface area contributed by atoms with Crippen molar-refractivity contribution in [2.24, 2.45) is 0 Å². The third-order valence-corrected chi connectivity index (χ3v) is 4.02. The third-order valence-electron chi connectivity index (χ3n) is 2.56. The van der Waals surface area contributed by atoms with E-state index in [2.05, 4.69) is 5.10 Å². The molecule has 1 aromatic carbocycles. The van der Waals surface area contributed by atoms with Crippen molar-refractivity contribution in [3.05, 3.63) is 30.5 Å². The molecule has 0 radical (unpaired) electrons. The largest absolute Gasteiger partial charge is 0.365 e. The van der Waals surface area contributed by atoms with E-state index in [9.17, 15) is 9.46 Å². The summed E-state index contributed by atoms with van der Waals surface area (Å²) >= 11 is 0. The van der Waals surface area contributed by atoms with Crippen LogP contribution in [0.3, 0.4) is 0 Å². The van der Waals surface area contributed by atoms with Crippen molar-refractivity contribution in [2.45, 2.75) is 13.5 Å². The van der Waals surface area contributed by atoms with Crippen molar-refractivity contribution in [3.8, 4) is 0 Å². The summed E-state index contributed by atoms with van der Waals surface area (Å²) in [5.41, 5.74) is 0.679. The fourth-order valence-electron chi connectivity index (χ4n) is 1.64. The first-order valence-electron chi connectivity index (χ1n) is 5.27. The van der Waals surface area contributed by atoms with E-state index in [0.29, 0.717) is 17.4 Å². The van der Waals surface area contributed by atoms with Gasteiger partial charge in [-0.05, 0) is 13.0 Å². The van der Waals surface area contributed by atoms with E-state index in [1.165, 1.54) is 7.11 Å². The Morgan fingerprint density at radius 3 is 2.82 bits per heavy atom. The van der Waals surface area contributed by atoms with Crippen LogP contribution in [0.2, 0.25) is 0 Å². The van der Waals surface area contributed by atoms with Crippen molar-refractivity contribution >= 4 is 23.8 Å². The number of hydrogen-bond acceptors (Lipinski definition) is 3. The Kier molecular flexibility index (Phi) is 3.24. The summed E-state index contributed by atoms with van der Waals surface area (Å²) in [6, 6.07) is 7.22. The highest BCUT2D eigenvalue weighted by Gasteiger charge is 2.28. The van der Waals surface area contributed by atoms with Gasteiger partial charge in [0.2, 0.25) is 6.20 Å². The zero-order valence-corrected chi connectivity index (χ0v) is 10.6. The summed E-state index contributed by atoms with van der Waals surface area (Å²) in [7, 11) is -2.54. The van der Waals surface area contributed by atoms with Crippen LogP contribution in [0.15, 0.2) is 30.5 Å². The monoisotopic (exact) mass is 253 g/mol. The molecular weight excluding hydrogens is 239 g/mol. The maximum absolute atomic E-state index is 12.0. The highest BCUT2D eigenvalue weighted by atomic mass is 31.2. The SMILES string of the molecule is CC[n+]1cc(P(=O)(O)OC)c2ccccc2n1. The molecule has 0 aliphatic rings. The van der Waals surface area contributed by atoms with Crippen molar-refractivity contribution < 1.29 is 18.7 Å². The van der Waals surface area contributed by atoms with E-state index in [-0.39, 0.29) is 5.30 Å². The summed E-state index contributed by atoms with van der Waals surface area (Å²) < 4.78 is 18.3. The molecule has 6 heteroatoms. The summed E-state index contributed by atoms with van der Waals surface area (Å²) in [5, 5.41) is 5.26. The molecule has 0 aliphatic carbocycles. The molecule has 0 aliphatic heterocycles. The Hall–Kier alpha value is -1.29. The zero-order chi connectivity index (χ0) is 12.5. The van der Waals surface area contributed by atoms with Gasteiger partial charge in [0.05, 0.1) is 0 Å². The minimum atomic E-state index is -3.77. The minimum Gasteiger partial charge on any atom is -0.321 e. The predicted octanol–water partition coefficient (Wildman–Crippen LogP) is 0.999. The molecule has 90 valence electrons. The normalized spacial score (nSPS) is 14.8. The quantitative estimate of drug-likeness (QED) is 0.654. The average molecular weight is 253 g/mol. The average Bonchev–Trinajstić information content (AvgIpc) is 2.37. The topological polar surface area (TPSA) is 63.3 Å². The Bertz CT molecular complexity index is 600. The van der Waals surface area contributed by atoms with Crippen molar-refractivity contribution in [1.29, 1.82) is 0 Å². The molecule has 0 saturated carbocycles. The van der Waals surface area contributed by atoms with Gasteiger partial charge in [-0.2, -0.15) is 0 Å². The van der Waals surface area contributed by atoms with E-state index in [1.807, 2.05) is 13.0 Å². The van der Waals surface area contributed by atoms with Crippen molar-refractivity contribution in [3.63, 3.8) is 0 Å². The Balaban J connectivity index is 2.80. The van der Waals surface area contributed by atoms with Crippen LogP contribution in [0.25, 0.3) is 10.9 Å². The molecular formula is C11H14N2O3P+. The number of hydrogen-bond donors (Lipinski definition) is 1. The fraction of sp³-hybridized carbons (Fsp3) is 0.273. The van der Waals surface area contributed by atoms with Crippen LogP contribution >= 0.6 is 7.60 Å². The number of aromatic nitrogens is 2. The fourth-order valence-corrected chi connectivity index (χ4v) is 2.61. The van der Waals surface area contributed by atoms with Crippen molar-refractivity contribution in [2.75, 3.05) is 7.11 Å². The number of nitrogens with zero attached hydrogens (tertiary/aromatic N) is 2. The molecule has 1 atom stereocenters. The molecule has 1 aromatic heterocycles. The van der Waals surface area contributed by atoms with Crippen LogP contribution in [0.5, 0.6) is 0 Å². The number of benzene rings is 1. The molecule has 0 amide bonds. The van der Waals surface area contributed by atoms with Gasteiger partial charge in [-0.1, -0.05) is 22.9 Å². The van der Waals surface area contributed by atoms with Gasteiger partial charge in [-0.15, -0.1) is 0 Å². The van der Waals surface area contributed by atoms with E-state index in [1.54, 1.807) is 29.1 Å². The Labute approximate surface area is 99.2 Å². The lowest BCUT2D eigenvalue weighted by Crippen LogP contribution is -2.40. The molecule has 1 unspecified atom stereocenters. The van der Waals surface area contributed by atoms with Gasteiger partial charge in [-0.3, -0.25) is 4.57 Å². The maximum atomic E-state index is 12.0. The van der Waals surface area contributed by atoms with Crippen LogP contribution in [0.1, 0.15) is 6.92 Å².